The highest BCUT2D eigenvalue weighted by Crippen LogP contribution is 2.23. The van der Waals surface area contributed by atoms with Crippen LogP contribution in [-0.4, -0.2) is 53.7 Å². The lowest BCUT2D eigenvalue weighted by Gasteiger charge is -2.36. The first kappa shape index (κ1) is 18.5. The number of ether oxygens (including phenoxy) is 1. The van der Waals surface area contributed by atoms with Crippen molar-refractivity contribution in [2.75, 3.05) is 36.4 Å². The number of rotatable bonds is 2. The summed E-state index contributed by atoms with van der Waals surface area (Å²) in [5.74, 6) is 1.10. The minimum atomic E-state index is -0.493. The van der Waals surface area contributed by atoms with Crippen LogP contribution in [0.3, 0.4) is 0 Å². The van der Waals surface area contributed by atoms with Gasteiger partial charge in [-0.25, -0.2) is 9.78 Å². The summed E-state index contributed by atoms with van der Waals surface area (Å²) in [6.45, 7) is 9.46. The second-order valence-electron chi connectivity index (χ2n) is 6.66. The van der Waals surface area contributed by atoms with E-state index in [0.717, 1.165) is 10.3 Å². The van der Waals surface area contributed by atoms with Crippen LogP contribution in [0.5, 0.6) is 0 Å². The Kier molecular flexibility index (Phi) is 5.69. The molecule has 1 N–H and O–H groups in total. The lowest BCUT2D eigenvalue weighted by molar-refractivity contribution is -0.114. The molecule has 24 heavy (non-hydrogen) atoms. The molecule has 1 saturated heterocycles. The van der Waals surface area contributed by atoms with Gasteiger partial charge in [0.1, 0.15) is 17.2 Å². The van der Waals surface area contributed by atoms with Crippen LogP contribution in [-0.2, 0) is 9.53 Å². The summed E-state index contributed by atoms with van der Waals surface area (Å²) < 4.78 is 6.24. The fraction of sp³-hybridized carbons (Fsp3) is 0.562. The Morgan fingerprint density at radius 2 is 1.83 bits per heavy atom. The van der Waals surface area contributed by atoms with Gasteiger partial charge in [0, 0.05) is 37.6 Å². The Bertz CT molecular complexity index is 622. The van der Waals surface area contributed by atoms with E-state index in [4.69, 9.17) is 4.74 Å². The average molecular weight is 399 g/mol. The molecule has 0 unspecified atom stereocenters. The van der Waals surface area contributed by atoms with Crippen LogP contribution >= 0.6 is 15.9 Å². The van der Waals surface area contributed by atoms with Gasteiger partial charge < -0.3 is 19.9 Å². The first-order valence-electron chi connectivity index (χ1n) is 7.82. The summed E-state index contributed by atoms with van der Waals surface area (Å²) in [4.78, 5) is 31.5. The maximum atomic E-state index is 12.1. The fourth-order valence-electron chi connectivity index (χ4n) is 2.33. The number of piperazine rings is 1. The van der Waals surface area contributed by atoms with Crippen LogP contribution in [0, 0.1) is 0 Å². The molecule has 2 amide bonds. The summed E-state index contributed by atoms with van der Waals surface area (Å²) in [6.07, 6.45) is -0.289. The standard InChI is InChI=1S/C16H23BrN4O3/c1-11(22)18-13-9-12(17)10-14(19-13)20-5-7-21(8-6-20)15(23)24-16(2,3)4/h9-10H,5-8H2,1-4H3,(H,18,19,22). The second-order valence-corrected chi connectivity index (χ2v) is 7.58. The van der Waals surface area contributed by atoms with Gasteiger partial charge in [0.25, 0.3) is 0 Å². The first-order valence-corrected chi connectivity index (χ1v) is 8.61. The third-order valence-electron chi connectivity index (χ3n) is 3.34. The number of amides is 2. The van der Waals surface area contributed by atoms with E-state index in [9.17, 15) is 9.59 Å². The lowest BCUT2D eigenvalue weighted by Crippen LogP contribution is -2.50. The van der Waals surface area contributed by atoms with Gasteiger partial charge in [-0.1, -0.05) is 15.9 Å². The predicted octanol–water partition coefficient (Wildman–Crippen LogP) is 2.86. The van der Waals surface area contributed by atoms with E-state index in [1.165, 1.54) is 6.92 Å². The summed E-state index contributed by atoms with van der Waals surface area (Å²) in [6, 6.07) is 3.65. The number of carbonyl (C=O) groups is 2. The van der Waals surface area contributed by atoms with Crippen molar-refractivity contribution in [3.63, 3.8) is 0 Å². The molecule has 0 spiro atoms. The Hall–Kier alpha value is -1.83. The average Bonchev–Trinajstić information content (AvgIpc) is 2.44. The van der Waals surface area contributed by atoms with E-state index < -0.39 is 5.60 Å². The van der Waals surface area contributed by atoms with Crippen molar-refractivity contribution in [2.45, 2.75) is 33.3 Å². The smallest absolute Gasteiger partial charge is 0.410 e. The van der Waals surface area contributed by atoms with Gasteiger partial charge in [0.2, 0.25) is 5.91 Å². The summed E-state index contributed by atoms with van der Waals surface area (Å²) in [7, 11) is 0. The van der Waals surface area contributed by atoms with Crippen molar-refractivity contribution >= 4 is 39.6 Å². The number of nitrogens with zero attached hydrogens (tertiary/aromatic N) is 3. The Labute approximate surface area is 150 Å². The van der Waals surface area contributed by atoms with Crippen molar-refractivity contribution in [3.05, 3.63) is 16.6 Å². The molecule has 8 heteroatoms. The molecule has 0 bridgehead atoms. The highest BCUT2D eigenvalue weighted by molar-refractivity contribution is 9.10. The molecule has 2 rings (SSSR count). The van der Waals surface area contributed by atoms with Gasteiger partial charge in [-0.2, -0.15) is 0 Å². The van der Waals surface area contributed by atoms with Crippen molar-refractivity contribution in [3.8, 4) is 0 Å². The van der Waals surface area contributed by atoms with Gasteiger partial charge in [-0.15, -0.1) is 0 Å². The number of carbonyl (C=O) groups excluding carboxylic acids is 2. The van der Waals surface area contributed by atoms with E-state index in [-0.39, 0.29) is 12.0 Å². The molecule has 1 aliphatic rings. The first-order chi connectivity index (χ1) is 11.1. The number of halogens is 1. The van der Waals surface area contributed by atoms with Crippen LogP contribution in [0.1, 0.15) is 27.7 Å². The van der Waals surface area contributed by atoms with Crippen LogP contribution in [0.25, 0.3) is 0 Å². The number of hydrogen-bond acceptors (Lipinski definition) is 5. The Balaban J connectivity index is 2.00. The molecule has 0 saturated carbocycles. The van der Waals surface area contributed by atoms with E-state index in [0.29, 0.717) is 32.0 Å². The van der Waals surface area contributed by atoms with E-state index in [2.05, 4.69) is 31.1 Å². The number of anilines is 2. The summed E-state index contributed by atoms with van der Waals surface area (Å²) >= 11 is 3.44. The van der Waals surface area contributed by atoms with Crippen molar-refractivity contribution in [1.82, 2.24) is 9.88 Å². The van der Waals surface area contributed by atoms with E-state index in [1.54, 1.807) is 11.0 Å². The summed E-state index contributed by atoms with van der Waals surface area (Å²) in [5.41, 5.74) is -0.493. The zero-order valence-corrected chi connectivity index (χ0v) is 16.0. The topological polar surface area (TPSA) is 74.8 Å². The number of hydrogen-bond donors (Lipinski definition) is 1. The fourth-order valence-corrected chi connectivity index (χ4v) is 2.76. The van der Waals surface area contributed by atoms with E-state index in [1.807, 2.05) is 26.8 Å². The molecule has 0 radical (unpaired) electrons. The van der Waals surface area contributed by atoms with Crippen LogP contribution in [0.4, 0.5) is 16.4 Å². The van der Waals surface area contributed by atoms with Gasteiger partial charge in [0.15, 0.2) is 0 Å². The Morgan fingerprint density at radius 1 is 1.21 bits per heavy atom. The summed E-state index contributed by atoms with van der Waals surface area (Å²) in [5, 5.41) is 2.69. The van der Waals surface area contributed by atoms with Gasteiger partial charge in [-0.3, -0.25) is 4.79 Å². The van der Waals surface area contributed by atoms with Gasteiger partial charge >= 0.3 is 6.09 Å². The monoisotopic (exact) mass is 398 g/mol. The molecule has 2 heterocycles. The van der Waals surface area contributed by atoms with Crippen LogP contribution in [0.2, 0.25) is 0 Å². The molecular formula is C16H23BrN4O3. The van der Waals surface area contributed by atoms with Crippen molar-refractivity contribution in [2.24, 2.45) is 0 Å². The zero-order valence-electron chi connectivity index (χ0n) is 14.4. The van der Waals surface area contributed by atoms with Crippen LogP contribution < -0.4 is 10.2 Å². The second kappa shape index (κ2) is 7.38. The zero-order chi connectivity index (χ0) is 17.9. The maximum Gasteiger partial charge on any atom is 0.410 e. The minimum Gasteiger partial charge on any atom is -0.444 e. The Morgan fingerprint density at radius 3 is 2.38 bits per heavy atom. The van der Waals surface area contributed by atoms with E-state index >= 15 is 0 Å². The van der Waals surface area contributed by atoms with Gasteiger partial charge in [0.05, 0.1) is 0 Å². The molecule has 7 nitrogen and oxygen atoms in total. The highest BCUT2D eigenvalue weighted by atomic mass is 79.9. The molecular weight excluding hydrogens is 376 g/mol. The maximum absolute atomic E-state index is 12.1. The quantitative estimate of drug-likeness (QED) is 0.828. The highest BCUT2D eigenvalue weighted by Gasteiger charge is 2.26. The predicted molar refractivity (Wildman–Crippen MR) is 96.3 cm³/mol. The largest absolute Gasteiger partial charge is 0.444 e. The minimum absolute atomic E-state index is 0.165. The molecule has 0 aliphatic carbocycles. The number of nitrogens with one attached hydrogen (secondary N) is 1. The normalized spacial score (nSPS) is 15.2. The lowest BCUT2D eigenvalue weighted by atomic mass is 10.2. The SMILES string of the molecule is CC(=O)Nc1cc(Br)cc(N2CCN(C(=O)OC(C)(C)C)CC2)n1. The van der Waals surface area contributed by atoms with Crippen molar-refractivity contribution < 1.29 is 14.3 Å². The van der Waals surface area contributed by atoms with Crippen molar-refractivity contribution in [1.29, 1.82) is 0 Å². The number of pyridine rings is 1. The number of aromatic nitrogens is 1. The third-order valence-corrected chi connectivity index (χ3v) is 3.79. The molecule has 132 valence electrons. The molecule has 0 atom stereocenters. The molecule has 1 aromatic rings. The van der Waals surface area contributed by atoms with Gasteiger partial charge in [-0.05, 0) is 32.9 Å². The molecule has 1 aliphatic heterocycles. The molecule has 1 aromatic heterocycles. The molecule has 0 aromatic carbocycles. The third kappa shape index (κ3) is 5.36. The molecule has 1 fully saturated rings. The van der Waals surface area contributed by atoms with Crippen LogP contribution in [0.15, 0.2) is 16.6 Å².